The Bertz CT molecular complexity index is 1150. The minimum absolute atomic E-state index is 0.0142. The quantitative estimate of drug-likeness (QED) is 0.0806. The van der Waals surface area contributed by atoms with Crippen molar-refractivity contribution in [3.8, 4) is 0 Å². The molecule has 1 unspecified atom stereocenters. The smallest absolute Gasteiger partial charge is 0.320 e. The number of carbonyl (C=O) groups excluding carboxylic acids is 3. The summed E-state index contributed by atoms with van der Waals surface area (Å²) in [5.41, 5.74) is 0. The second-order valence-corrected chi connectivity index (χ2v) is 12.4. The summed E-state index contributed by atoms with van der Waals surface area (Å²) in [6.07, 6.45) is -0.234. The minimum Gasteiger partial charge on any atom is -0.480 e. The molecule has 0 saturated carbocycles. The highest BCUT2D eigenvalue weighted by molar-refractivity contribution is 9.14. The minimum atomic E-state index is -1.20. The Labute approximate surface area is 287 Å². The Kier molecular flexibility index (Phi) is 17.4. The summed E-state index contributed by atoms with van der Waals surface area (Å²) in [5, 5.41) is 40.8. The van der Waals surface area contributed by atoms with Crippen LogP contribution in [0.1, 0.15) is 12.8 Å². The molecule has 3 amide bonds. The van der Waals surface area contributed by atoms with Crippen LogP contribution in [0.4, 0.5) is 0 Å². The Hall–Kier alpha value is -3.01. The molecular formula is C27H40Br2N6O12. The number of carboxylic acids is 4. The second-order valence-electron chi connectivity index (χ2n) is 10.8. The molecule has 2 rings (SSSR count). The van der Waals surface area contributed by atoms with Gasteiger partial charge in [-0.1, -0.05) is 0 Å². The molecular weight excluding hydrogens is 760 g/mol. The fourth-order valence-electron chi connectivity index (χ4n) is 4.97. The summed E-state index contributed by atoms with van der Waals surface area (Å²) in [7, 11) is 0. The van der Waals surface area contributed by atoms with Crippen molar-refractivity contribution in [2.45, 2.75) is 18.9 Å². The summed E-state index contributed by atoms with van der Waals surface area (Å²) in [4.78, 5) is 90.6. The standard InChI is InChI=1S/C27H40Br2N6O12/c28-23-24(29)26(44)35(25(23)43)12-14-47-13-3-30-19(36)2-1-18(27(45)46)34-10-8-32(16-21(39)40)6-4-31(15-20(37)38)5-7-33(9-11-34)17-22(41)42/h18H,1-17H2,(H,30,36)(H,37,38)(H,39,40)(H,41,42)(H,45,46). The summed E-state index contributed by atoms with van der Waals surface area (Å²) >= 11 is 6.07. The van der Waals surface area contributed by atoms with E-state index in [9.17, 15) is 54.0 Å². The normalized spacial score (nSPS) is 18.9. The highest BCUT2D eigenvalue weighted by atomic mass is 79.9. The van der Waals surface area contributed by atoms with Crippen molar-refractivity contribution in [3.63, 3.8) is 0 Å². The van der Waals surface area contributed by atoms with Crippen molar-refractivity contribution < 1.29 is 58.7 Å². The fourth-order valence-corrected chi connectivity index (χ4v) is 5.74. The first-order valence-electron chi connectivity index (χ1n) is 14.7. The molecule has 1 atom stereocenters. The molecule has 1 fully saturated rings. The third-order valence-electron chi connectivity index (χ3n) is 7.41. The number of hydrogen-bond acceptors (Lipinski definition) is 12. The first-order chi connectivity index (χ1) is 22.2. The lowest BCUT2D eigenvalue weighted by molar-refractivity contribution is -0.145. The van der Waals surface area contributed by atoms with Gasteiger partial charge in [-0.05, 0) is 38.3 Å². The largest absolute Gasteiger partial charge is 0.480 e. The maximum Gasteiger partial charge on any atom is 0.320 e. The van der Waals surface area contributed by atoms with E-state index in [-0.39, 0.29) is 120 Å². The summed E-state index contributed by atoms with van der Waals surface area (Å²) < 4.78 is 5.66. The van der Waals surface area contributed by atoms with E-state index in [1.807, 2.05) is 0 Å². The van der Waals surface area contributed by atoms with Gasteiger partial charge in [0, 0.05) is 65.3 Å². The lowest BCUT2D eigenvalue weighted by Crippen LogP contribution is -2.52. The second kappa shape index (κ2) is 20.4. The van der Waals surface area contributed by atoms with E-state index in [0.717, 1.165) is 4.90 Å². The highest BCUT2D eigenvalue weighted by Gasteiger charge is 2.35. The van der Waals surface area contributed by atoms with Gasteiger partial charge < -0.3 is 30.5 Å². The molecule has 2 aliphatic rings. The van der Waals surface area contributed by atoms with Crippen LogP contribution in [0.15, 0.2) is 8.96 Å². The van der Waals surface area contributed by atoms with Crippen molar-refractivity contribution in [2.75, 3.05) is 98.3 Å². The van der Waals surface area contributed by atoms with Gasteiger partial charge in [-0.2, -0.15) is 0 Å². The zero-order chi connectivity index (χ0) is 35.1. The third-order valence-corrected chi connectivity index (χ3v) is 9.41. The van der Waals surface area contributed by atoms with Crippen molar-refractivity contribution in [3.05, 3.63) is 8.96 Å². The van der Waals surface area contributed by atoms with E-state index < -0.39 is 47.6 Å². The molecule has 47 heavy (non-hydrogen) atoms. The molecule has 0 bridgehead atoms. The molecule has 5 N–H and O–H groups in total. The highest BCUT2D eigenvalue weighted by Crippen LogP contribution is 2.29. The first kappa shape index (κ1) is 40.2. The van der Waals surface area contributed by atoms with Crippen LogP contribution in [0.25, 0.3) is 0 Å². The van der Waals surface area contributed by atoms with Gasteiger partial charge in [-0.15, -0.1) is 0 Å². The van der Waals surface area contributed by atoms with Gasteiger partial charge in [0.15, 0.2) is 0 Å². The average Bonchev–Trinajstić information content (AvgIpc) is 3.16. The number of hydrogen-bond donors (Lipinski definition) is 5. The van der Waals surface area contributed by atoms with E-state index in [4.69, 9.17) is 4.74 Å². The molecule has 20 heteroatoms. The molecule has 2 aliphatic heterocycles. The van der Waals surface area contributed by atoms with E-state index in [2.05, 4.69) is 37.2 Å². The summed E-state index contributed by atoms with van der Waals surface area (Å²) in [6, 6.07) is -1.13. The molecule has 0 spiro atoms. The summed E-state index contributed by atoms with van der Waals surface area (Å²) in [5.74, 6) is -5.90. The van der Waals surface area contributed by atoms with Crippen LogP contribution in [0, 0.1) is 0 Å². The number of carbonyl (C=O) groups is 7. The van der Waals surface area contributed by atoms with Crippen LogP contribution >= 0.6 is 31.9 Å². The topological polar surface area (TPSA) is 238 Å². The molecule has 0 aromatic rings. The molecule has 1 saturated heterocycles. The number of imide groups is 1. The number of amides is 3. The number of aliphatic carboxylic acids is 4. The van der Waals surface area contributed by atoms with Crippen molar-refractivity contribution in [1.82, 2.24) is 29.8 Å². The van der Waals surface area contributed by atoms with Crippen LogP contribution in [0.5, 0.6) is 0 Å². The van der Waals surface area contributed by atoms with Crippen LogP contribution in [-0.4, -0.2) is 191 Å². The zero-order valence-electron chi connectivity index (χ0n) is 25.6. The van der Waals surface area contributed by atoms with Crippen molar-refractivity contribution in [1.29, 1.82) is 0 Å². The number of ether oxygens (including phenoxy) is 1. The number of nitrogens with zero attached hydrogens (tertiary/aromatic N) is 5. The first-order valence-corrected chi connectivity index (χ1v) is 16.3. The van der Waals surface area contributed by atoms with Gasteiger partial charge in [0.2, 0.25) is 5.91 Å². The van der Waals surface area contributed by atoms with E-state index in [1.165, 1.54) is 0 Å². The van der Waals surface area contributed by atoms with Crippen LogP contribution in [0.3, 0.4) is 0 Å². The number of rotatable bonds is 17. The maximum atomic E-state index is 12.5. The SMILES string of the molecule is O=C(O)CN1CCN(CC(=O)O)CCN(C(CCC(=O)NCCOCCN2C(=O)C(Br)=C(Br)C2=O)C(=O)O)CCN(CC(=O)O)CC1. The predicted octanol–water partition coefficient (Wildman–Crippen LogP) is -1.80. The van der Waals surface area contributed by atoms with Crippen LogP contribution in [0.2, 0.25) is 0 Å². The average molecular weight is 800 g/mol. The number of halogens is 2. The Morgan fingerprint density at radius 3 is 1.53 bits per heavy atom. The van der Waals surface area contributed by atoms with Gasteiger partial charge in [-0.25, -0.2) is 0 Å². The van der Waals surface area contributed by atoms with Gasteiger partial charge in [-0.3, -0.25) is 58.1 Å². The number of nitrogens with one attached hydrogen (secondary N) is 1. The Morgan fingerprint density at radius 1 is 0.702 bits per heavy atom. The summed E-state index contributed by atoms with van der Waals surface area (Å²) in [6.45, 7) is 0.480. The van der Waals surface area contributed by atoms with Crippen molar-refractivity contribution >= 4 is 73.5 Å². The molecule has 0 aromatic heterocycles. The molecule has 18 nitrogen and oxygen atoms in total. The molecule has 2 heterocycles. The lowest BCUT2D eigenvalue weighted by Gasteiger charge is -2.35. The monoisotopic (exact) mass is 798 g/mol. The maximum absolute atomic E-state index is 12.5. The van der Waals surface area contributed by atoms with Gasteiger partial charge in [0.05, 0.1) is 39.4 Å². The van der Waals surface area contributed by atoms with E-state index in [1.54, 1.807) is 19.6 Å². The van der Waals surface area contributed by atoms with Gasteiger partial charge >= 0.3 is 23.9 Å². The molecule has 0 aromatic carbocycles. The van der Waals surface area contributed by atoms with E-state index >= 15 is 0 Å². The van der Waals surface area contributed by atoms with Crippen LogP contribution < -0.4 is 5.32 Å². The molecule has 264 valence electrons. The molecule has 0 aliphatic carbocycles. The zero-order valence-corrected chi connectivity index (χ0v) is 28.8. The lowest BCUT2D eigenvalue weighted by atomic mass is 10.1. The molecule has 0 radical (unpaired) electrons. The predicted molar refractivity (Wildman–Crippen MR) is 170 cm³/mol. The van der Waals surface area contributed by atoms with Gasteiger partial charge in [0.25, 0.3) is 11.8 Å². The third kappa shape index (κ3) is 14.3. The van der Waals surface area contributed by atoms with Crippen LogP contribution in [-0.2, 0) is 38.3 Å². The Morgan fingerprint density at radius 2 is 1.13 bits per heavy atom. The van der Waals surface area contributed by atoms with Crippen molar-refractivity contribution in [2.24, 2.45) is 0 Å². The van der Waals surface area contributed by atoms with Gasteiger partial charge in [0.1, 0.15) is 15.0 Å². The number of carboxylic acid groups (broad SMARTS) is 4. The van der Waals surface area contributed by atoms with E-state index in [0.29, 0.717) is 0 Å². The fraction of sp³-hybridized carbons (Fsp3) is 0.667. The Balaban J connectivity index is 1.96.